The molecule has 0 spiro atoms. The number of azide groups is 1. The summed E-state index contributed by atoms with van der Waals surface area (Å²) in [6.45, 7) is 19.0. The lowest BCUT2D eigenvalue weighted by Gasteiger charge is -2.52. The van der Waals surface area contributed by atoms with Crippen LogP contribution in [0.2, 0.25) is 18.1 Å². The number of nitrogens with zero attached hydrogens (tertiary/aromatic N) is 3. The van der Waals surface area contributed by atoms with Crippen molar-refractivity contribution in [3.8, 4) is 0 Å². The lowest BCUT2D eigenvalue weighted by Crippen LogP contribution is -2.66. The topological polar surface area (TPSA) is 140 Å². The zero-order valence-corrected chi connectivity index (χ0v) is 32.3. The third-order valence-electron chi connectivity index (χ3n) is 11.2. The van der Waals surface area contributed by atoms with E-state index in [0.717, 1.165) is 11.1 Å². The Morgan fingerprint density at radius 1 is 1.00 bits per heavy atom. The summed E-state index contributed by atoms with van der Waals surface area (Å²) in [4.78, 5) is 15.9. The van der Waals surface area contributed by atoms with Crippen molar-refractivity contribution >= 4 is 14.3 Å². The molecule has 3 heterocycles. The van der Waals surface area contributed by atoms with Gasteiger partial charge in [-0.25, -0.2) is 0 Å². The summed E-state index contributed by atoms with van der Waals surface area (Å²) in [5.41, 5.74) is 11.5. The molecule has 280 valence electrons. The Balaban J connectivity index is 1.44. The van der Waals surface area contributed by atoms with Crippen LogP contribution >= 0.6 is 0 Å². The molecule has 0 aromatic heterocycles. The number of hydrogen-bond acceptors (Lipinski definition) is 10. The summed E-state index contributed by atoms with van der Waals surface area (Å²) >= 11 is 0. The lowest BCUT2D eigenvalue weighted by molar-refractivity contribution is -0.381. The first-order chi connectivity index (χ1) is 24.3. The van der Waals surface area contributed by atoms with Gasteiger partial charge in [0.25, 0.3) is 0 Å². The van der Waals surface area contributed by atoms with E-state index in [1.807, 2.05) is 74.5 Å². The van der Waals surface area contributed by atoms with Crippen molar-refractivity contribution < 1.29 is 42.4 Å². The van der Waals surface area contributed by atoms with Gasteiger partial charge in [0.05, 0.1) is 31.5 Å². The van der Waals surface area contributed by atoms with Gasteiger partial charge in [0.15, 0.2) is 33.3 Å². The van der Waals surface area contributed by atoms with Crippen LogP contribution in [0, 0.1) is 11.8 Å². The maximum Gasteiger partial charge on any atom is 0.303 e. The van der Waals surface area contributed by atoms with Gasteiger partial charge in [0, 0.05) is 17.4 Å². The van der Waals surface area contributed by atoms with E-state index in [2.05, 4.69) is 50.8 Å². The number of ether oxygens (including phenoxy) is 7. The second-order valence-corrected chi connectivity index (χ2v) is 19.7. The third kappa shape index (κ3) is 8.86. The normalized spacial score (nSPS) is 32.9. The van der Waals surface area contributed by atoms with E-state index in [-0.39, 0.29) is 24.2 Å². The van der Waals surface area contributed by atoms with Gasteiger partial charge in [-0.05, 0) is 47.5 Å². The molecular weight excluding hydrogens is 671 g/mol. The van der Waals surface area contributed by atoms with Crippen molar-refractivity contribution in [2.75, 3.05) is 6.61 Å². The van der Waals surface area contributed by atoms with Crippen molar-refractivity contribution in [1.82, 2.24) is 0 Å². The molecule has 5 unspecified atom stereocenters. The second kappa shape index (κ2) is 16.9. The molecular formula is C38H55N3O9Si. The molecule has 2 aromatic carbocycles. The highest BCUT2D eigenvalue weighted by Crippen LogP contribution is 2.47. The Morgan fingerprint density at radius 2 is 1.67 bits per heavy atom. The largest absolute Gasteiger partial charge is 0.454 e. The molecule has 11 atom stereocenters. The van der Waals surface area contributed by atoms with Gasteiger partial charge in [-0.3, -0.25) is 4.79 Å². The molecule has 0 bridgehead atoms. The van der Waals surface area contributed by atoms with Crippen LogP contribution in [0.1, 0.15) is 72.3 Å². The van der Waals surface area contributed by atoms with E-state index in [1.165, 1.54) is 6.92 Å². The fraction of sp³-hybridized carbons (Fsp3) is 0.658. The lowest BCUT2D eigenvalue weighted by atomic mass is 9.87. The molecule has 0 amide bonds. The van der Waals surface area contributed by atoms with Gasteiger partial charge in [-0.1, -0.05) is 107 Å². The van der Waals surface area contributed by atoms with Crippen LogP contribution in [0.3, 0.4) is 0 Å². The Labute approximate surface area is 303 Å². The standard InChI is InChI=1S/C38H55N3O9Si/c1-10-28-31(24(4)30(40-41-39)36(46-28)50-51(8,9)38(6,7)23(2)3)48-37-34(45-25(5)42)33(43-21-26-17-13-11-14-18-26)32-29(47-37)22-44-35(49-32)27-19-15-12-16-20-27/h11-20,23-24,28-37H,10,21-22H2,1-9H3/t24-,28?,29?,30?,31+,32-,33?,34+,35?,36+,37+/m1/s1. The minimum Gasteiger partial charge on any atom is -0.454 e. The Morgan fingerprint density at radius 3 is 2.27 bits per heavy atom. The molecule has 12 nitrogen and oxygen atoms in total. The Kier molecular flexibility index (Phi) is 13.0. The van der Waals surface area contributed by atoms with Gasteiger partial charge in [0.1, 0.15) is 18.3 Å². The number of hydrogen-bond donors (Lipinski definition) is 0. The van der Waals surface area contributed by atoms with Gasteiger partial charge >= 0.3 is 5.97 Å². The SMILES string of the molecule is CCC1O[C@@H](O[Si](C)(C)C(C)(C)C(C)C)C(N=[N+]=[N-])[C@@H](C)[C@@H]1O[C@@H]1OC2COC(c3ccccc3)O[C@H]2C(OCc2ccccc2)[C@@H]1OC(C)=O. The first kappa shape index (κ1) is 39.4. The van der Waals surface area contributed by atoms with Crippen molar-refractivity contribution in [1.29, 1.82) is 0 Å². The highest BCUT2D eigenvalue weighted by molar-refractivity contribution is 6.74. The smallest absolute Gasteiger partial charge is 0.303 e. The minimum absolute atomic E-state index is 0.0856. The average Bonchev–Trinajstić information content (AvgIpc) is 3.10. The molecule has 0 radical (unpaired) electrons. The molecule has 3 fully saturated rings. The number of benzene rings is 2. The van der Waals surface area contributed by atoms with Crippen molar-refractivity contribution in [2.24, 2.45) is 17.0 Å². The van der Waals surface area contributed by atoms with Gasteiger partial charge < -0.3 is 37.6 Å². The minimum atomic E-state index is -2.39. The van der Waals surface area contributed by atoms with Crippen LogP contribution in [0.15, 0.2) is 65.8 Å². The fourth-order valence-corrected chi connectivity index (χ4v) is 9.44. The maximum absolute atomic E-state index is 12.7. The molecule has 5 rings (SSSR count). The quantitative estimate of drug-likeness (QED) is 0.0664. The molecule has 3 aliphatic heterocycles. The molecule has 13 heteroatoms. The maximum atomic E-state index is 12.7. The first-order valence-corrected chi connectivity index (χ1v) is 21.0. The van der Waals surface area contributed by atoms with Crippen LogP contribution in [0.4, 0.5) is 0 Å². The Bertz CT molecular complexity index is 1480. The number of fused-ring (bicyclic) bond motifs is 1. The predicted octanol–water partition coefficient (Wildman–Crippen LogP) is 7.84. The number of carbonyl (C=O) groups is 1. The molecule has 0 aliphatic carbocycles. The van der Waals surface area contributed by atoms with Gasteiger partial charge in [-0.2, -0.15) is 0 Å². The highest BCUT2D eigenvalue weighted by Gasteiger charge is 2.56. The molecule has 0 saturated carbocycles. The van der Waals surface area contributed by atoms with Gasteiger partial charge in [0.2, 0.25) is 0 Å². The van der Waals surface area contributed by atoms with Crippen molar-refractivity contribution in [2.45, 2.75) is 141 Å². The zero-order valence-electron chi connectivity index (χ0n) is 31.3. The van der Waals surface area contributed by atoms with E-state index in [9.17, 15) is 10.3 Å². The van der Waals surface area contributed by atoms with E-state index in [4.69, 9.17) is 37.6 Å². The van der Waals surface area contributed by atoms with Crippen LogP contribution in [0.5, 0.6) is 0 Å². The summed E-state index contributed by atoms with van der Waals surface area (Å²) in [5.74, 6) is -0.494. The van der Waals surface area contributed by atoms with E-state index in [1.54, 1.807) is 0 Å². The van der Waals surface area contributed by atoms with Crippen LogP contribution in [-0.4, -0.2) is 76.1 Å². The number of rotatable bonds is 13. The fourth-order valence-electron chi connectivity index (χ4n) is 6.97. The molecule has 3 aliphatic rings. The summed E-state index contributed by atoms with van der Waals surface area (Å²) in [6.07, 6.45) is -5.98. The third-order valence-corrected chi connectivity index (χ3v) is 15.7. The van der Waals surface area contributed by atoms with E-state index >= 15 is 0 Å². The van der Waals surface area contributed by atoms with E-state index in [0.29, 0.717) is 12.3 Å². The molecule has 2 aromatic rings. The Hall–Kier alpha value is -2.84. The number of carbonyl (C=O) groups excluding carboxylic acids is 1. The highest BCUT2D eigenvalue weighted by atomic mass is 28.4. The summed E-state index contributed by atoms with van der Waals surface area (Å²) < 4.78 is 52.1. The van der Waals surface area contributed by atoms with Crippen LogP contribution in [-0.2, 0) is 49.0 Å². The van der Waals surface area contributed by atoms with E-state index < -0.39 is 75.8 Å². The monoisotopic (exact) mass is 725 g/mol. The van der Waals surface area contributed by atoms with Crippen molar-refractivity contribution in [3.63, 3.8) is 0 Å². The summed E-state index contributed by atoms with van der Waals surface area (Å²) in [6, 6.07) is 18.7. The first-order valence-electron chi connectivity index (χ1n) is 18.1. The summed E-state index contributed by atoms with van der Waals surface area (Å²) in [7, 11) is -2.39. The summed E-state index contributed by atoms with van der Waals surface area (Å²) in [5, 5.41) is 4.11. The molecule has 51 heavy (non-hydrogen) atoms. The molecule has 3 saturated heterocycles. The number of esters is 1. The van der Waals surface area contributed by atoms with Crippen molar-refractivity contribution in [3.05, 3.63) is 82.2 Å². The predicted molar refractivity (Wildman–Crippen MR) is 193 cm³/mol. The second-order valence-electron chi connectivity index (χ2n) is 15.2. The molecule has 0 N–H and O–H groups in total. The van der Waals surface area contributed by atoms with Gasteiger partial charge in [-0.15, -0.1) is 0 Å². The van der Waals surface area contributed by atoms with Crippen LogP contribution < -0.4 is 0 Å². The van der Waals surface area contributed by atoms with Crippen LogP contribution in [0.25, 0.3) is 10.4 Å². The zero-order chi connectivity index (χ0) is 36.9. The average molecular weight is 726 g/mol.